The lowest BCUT2D eigenvalue weighted by molar-refractivity contribution is 1.13. The van der Waals surface area contributed by atoms with E-state index in [1.807, 2.05) is 6.08 Å². The van der Waals surface area contributed by atoms with Crippen molar-refractivity contribution >= 4 is 17.0 Å². The number of hydrogen-bond donors (Lipinski definition) is 0. The van der Waals surface area contributed by atoms with E-state index >= 15 is 0 Å². The van der Waals surface area contributed by atoms with Crippen molar-refractivity contribution in [2.75, 3.05) is 0 Å². The van der Waals surface area contributed by atoms with Crippen molar-refractivity contribution in [1.82, 2.24) is 4.57 Å². The first-order chi connectivity index (χ1) is 14.4. The molecule has 0 aliphatic carbocycles. The maximum Gasteiger partial charge on any atom is 0.0619 e. The summed E-state index contributed by atoms with van der Waals surface area (Å²) >= 11 is 0. The molecule has 0 saturated carbocycles. The summed E-state index contributed by atoms with van der Waals surface area (Å²) in [5, 5.41) is 1.24. The van der Waals surface area contributed by atoms with Gasteiger partial charge >= 0.3 is 0 Å². The van der Waals surface area contributed by atoms with E-state index in [1.165, 1.54) is 33.3 Å². The van der Waals surface area contributed by atoms with Gasteiger partial charge in [0.25, 0.3) is 0 Å². The summed E-state index contributed by atoms with van der Waals surface area (Å²) in [6, 6.07) is 38.5. The number of rotatable bonds is 4. The molecule has 4 aromatic carbocycles. The van der Waals surface area contributed by atoms with Gasteiger partial charge in [0, 0.05) is 16.6 Å². The number of benzene rings is 4. The van der Waals surface area contributed by atoms with Gasteiger partial charge in [0.2, 0.25) is 0 Å². The van der Waals surface area contributed by atoms with Crippen LogP contribution < -0.4 is 0 Å². The minimum absolute atomic E-state index is 1.12. The first kappa shape index (κ1) is 17.3. The van der Waals surface area contributed by atoms with Crippen LogP contribution in [-0.4, -0.2) is 4.57 Å². The summed E-state index contributed by atoms with van der Waals surface area (Å²) in [5.74, 6) is 0. The normalized spacial score (nSPS) is 10.9. The smallest absolute Gasteiger partial charge is 0.0619 e. The highest BCUT2D eigenvalue weighted by atomic mass is 15.0. The number of para-hydroxylation sites is 1. The third-order valence-electron chi connectivity index (χ3n) is 5.35. The lowest BCUT2D eigenvalue weighted by atomic mass is 9.98. The van der Waals surface area contributed by atoms with Gasteiger partial charge in [-0.15, -0.1) is 0 Å². The van der Waals surface area contributed by atoms with Gasteiger partial charge in [0.15, 0.2) is 0 Å². The van der Waals surface area contributed by atoms with E-state index in [2.05, 4.69) is 120 Å². The second-order valence-electron chi connectivity index (χ2n) is 7.11. The number of aromatic nitrogens is 1. The van der Waals surface area contributed by atoms with Crippen LogP contribution >= 0.6 is 0 Å². The number of fused-ring (bicyclic) bond motifs is 1. The predicted molar refractivity (Wildman–Crippen MR) is 124 cm³/mol. The molecule has 0 aliphatic rings. The van der Waals surface area contributed by atoms with E-state index in [0.717, 1.165) is 11.3 Å². The summed E-state index contributed by atoms with van der Waals surface area (Å²) < 4.78 is 2.38. The van der Waals surface area contributed by atoms with E-state index in [9.17, 15) is 0 Å². The van der Waals surface area contributed by atoms with E-state index in [0.29, 0.717) is 0 Å². The molecule has 1 aromatic heterocycles. The van der Waals surface area contributed by atoms with Crippen LogP contribution in [0.5, 0.6) is 0 Å². The second-order valence-corrected chi connectivity index (χ2v) is 7.11. The average molecular weight is 371 g/mol. The summed E-state index contributed by atoms with van der Waals surface area (Å²) in [7, 11) is 0. The van der Waals surface area contributed by atoms with Crippen molar-refractivity contribution < 1.29 is 0 Å². The van der Waals surface area contributed by atoms with Gasteiger partial charge in [-0.3, -0.25) is 0 Å². The van der Waals surface area contributed by atoms with Crippen LogP contribution in [0.4, 0.5) is 0 Å². The molecule has 0 radical (unpaired) electrons. The molecule has 5 rings (SSSR count). The Morgan fingerprint density at radius 2 is 1.21 bits per heavy atom. The Bertz CT molecular complexity index is 1280. The van der Waals surface area contributed by atoms with Crippen LogP contribution in [0, 0.1) is 0 Å². The van der Waals surface area contributed by atoms with Crippen LogP contribution in [0.25, 0.3) is 45.1 Å². The van der Waals surface area contributed by atoms with Crippen LogP contribution in [0.15, 0.2) is 116 Å². The van der Waals surface area contributed by atoms with Crippen molar-refractivity contribution in [3.8, 4) is 28.1 Å². The minimum atomic E-state index is 1.12. The highest BCUT2D eigenvalue weighted by Gasteiger charge is 2.21. The molecule has 5 aromatic rings. The highest BCUT2D eigenvalue weighted by molar-refractivity contribution is 6.06. The van der Waals surface area contributed by atoms with Crippen molar-refractivity contribution in [1.29, 1.82) is 0 Å². The van der Waals surface area contributed by atoms with Gasteiger partial charge in [-0.1, -0.05) is 104 Å². The largest absolute Gasteiger partial charge is 0.309 e. The molecule has 1 heterocycles. The maximum absolute atomic E-state index is 3.98. The Hall–Kier alpha value is -3.84. The van der Waals surface area contributed by atoms with Gasteiger partial charge in [-0.25, -0.2) is 0 Å². The minimum Gasteiger partial charge on any atom is -0.309 e. The Kier molecular flexibility index (Phi) is 4.34. The molecule has 0 amide bonds. The van der Waals surface area contributed by atoms with E-state index < -0.39 is 0 Å². The predicted octanol–water partition coefficient (Wildman–Crippen LogP) is 7.61. The van der Waals surface area contributed by atoms with E-state index in [4.69, 9.17) is 0 Å². The molecule has 0 bridgehead atoms. The fourth-order valence-corrected chi connectivity index (χ4v) is 4.04. The van der Waals surface area contributed by atoms with Gasteiger partial charge < -0.3 is 4.57 Å². The molecule has 0 N–H and O–H groups in total. The SMILES string of the molecule is C=Cc1ccc2c(-c3ccccc3)c(-c3ccccc3)n(-c3ccccc3)c2c1. The molecule has 29 heavy (non-hydrogen) atoms. The molecule has 1 nitrogen and oxygen atoms in total. The van der Waals surface area contributed by atoms with Crippen LogP contribution in [0.2, 0.25) is 0 Å². The summed E-state index contributed by atoms with van der Waals surface area (Å²) in [4.78, 5) is 0. The van der Waals surface area contributed by atoms with Crippen molar-refractivity contribution in [2.45, 2.75) is 0 Å². The molecule has 0 atom stereocenters. The molecule has 0 fully saturated rings. The van der Waals surface area contributed by atoms with Crippen molar-refractivity contribution in [3.05, 3.63) is 121 Å². The molecular weight excluding hydrogens is 350 g/mol. The monoisotopic (exact) mass is 371 g/mol. The summed E-state index contributed by atoms with van der Waals surface area (Å²) in [6.45, 7) is 3.98. The van der Waals surface area contributed by atoms with E-state index in [1.54, 1.807) is 0 Å². The lowest BCUT2D eigenvalue weighted by Gasteiger charge is -2.13. The Morgan fingerprint density at radius 1 is 0.621 bits per heavy atom. The molecule has 138 valence electrons. The fourth-order valence-electron chi connectivity index (χ4n) is 4.04. The zero-order valence-electron chi connectivity index (χ0n) is 16.1. The second kappa shape index (κ2) is 7.29. The maximum atomic E-state index is 3.98. The first-order valence-corrected chi connectivity index (χ1v) is 9.84. The zero-order chi connectivity index (χ0) is 19.6. The summed E-state index contributed by atoms with van der Waals surface area (Å²) in [5.41, 5.74) is 8.34. The molecule has 0 saturated heterocycles. The average Bonchev–Trinajstić information content (AvgIpc) is 3.15. The Morgan fingerprint density at radius 3 is 1.83 bits per heavy atom. The molecular formula is C28H21N. The molecule has 0 unspecified atom stereocenters. The third-order valence-corrected chi connectivity index (χ3v) is 5.35. The Balaban J connectivity index is 1.99. The number of nitrogens with zero attached hydrogens (tertiary/aromatic N) is 1. The van der Waals surface area contributed by atoms with Crippen LogP contribution in [-0.2, 0) is 0 Å². The lowest BCUT2D eigenvalue weighted by Crippen LogP contribution is -1.97. The third kappa shape index (κ3) is 2.97. The fraction of sp³-hybridized carbons (Fsp3) is 0. The van der Waals surface area contributed by atoms with Crippen LogP contribution in [0.1, 0.15) is 5.56 Å². The first-order valence-electron chi connectivity index (χ1n) is 9.84. The van der Waals surface area contributed by atoms with Crippen LogP contribution in [0.3, 0.4) is 0 Å². The van der Waals surface area contributed by atoms with Gasteiger partial charge in [-0.2, -0.15) is 0 Å². The van der Waals surface area contributed by atoms with Crippen molar-refractivity contribution in [3.63, 3.8) is 0 Å². The van der Waals surface area contributed by atoms with Gasteiger partial charge in [0.05, 0.1) is 11.2 Å². The Labute approximate surface area is 171 Å². The molecule has 0 spiro atoms. The standard InChI is InChI=1S/C28H21N/c1-2-21-18-19-25-26(20-21)29(24-16-10-5-11-17-24)28(23-14-8-4-9-15-23)27(25)22-12-6-3-7-13-22/h2-20H,1H2. The quantitative estimate of drug-likeness (QED) is 0.306. The topological polar surface area (TPSA) is 4.93 Å². The highest BCUT2D eigenvalue weighted by Crippen LogP contribution is 2.42. The molecule has 0 aliphatic heterocycles. The van der Waals surface area contributed by atoms with Crippen molar-refractivity contribution in [2.24, 2.45) is 0 Å². The van der Waals surface area contributed by atoms with Gasteiger partial charge in [0.1, 0.15) is 0 Å². The summed E-state index contributed by atoms with van der Waals surface area (Å²) in [6.07, 6.45) is 1.91. The van der Waals surface area contributed by atoms with Gasteiger partial charge in [-0.05, 0) is 34.9 Å². The zero-order valence-corrected chi connectivity index (χ0v) is 16.1. The number of hydrogen-bond acceptors (Lipinski definition) is 0. The van der Waals surface area contributed by atoms with E-state index in [-0.39, 0.29) is 0 Å². The molecule has 1 heteroatoms.